The minimum absolute atomic E-state index is 0.165. The highest BCUT2D eigenvalue weighted by Crippen LogP contribution is 1.87. The van der Waals surface area contributed by atoms with Crippen LogP contribution in [0.3, 0.4) is 0 Å². The first-order valence-corrected chi connectivity index (χ1v) is 2.57. The van der Waals surface area contributed by atoms with Gasteiger partial charge in [-0.25, -0.2) is 4.79 Å². The second-order valence-corrected chi connectivity index (χ2v) is 1.38. The fraction of sp³-hybridized carbons (Fsp3) is 0.400. The third-order valence-corrected chi connectivity index (χ3v) is 0.830. The van der Waals surface area contributed by atoms with Crippen LogP contribution in [-0.4, -0.2) is 16.9 Å². The molecule has 1 N–H and O–H groups in total. The molecule has 0 heterocycles. The second kappa shape index (κ2) is 4.32. The number of carbonyl (C=O) groups is 1. The Morgan fingerprint density at radius 1 is 1.90 bits per heavy atom. The number of nitrogens with zero attached hydrogens (tertiary/aromatic N) is 2. The van der Waals surface area contributed by atoms with Crippen molar-refractivity contribution < 1.29 is 14.7 Å². The van der Waals surface area contributed by atoms with Crippen molar-refractivity contribution in [3.8, 4) is 6.26 Å². The monoisotopic (exact) mass is 142 g/mol. The van der Waals surface area contributed by atoms with Crippen LogP contribution in [0.2, 0.25) is 0 Å². The molecular formula is C5H6N2O3. The van der Waals surface area contributed by atoms with Gasteiger partial charge in [-0.1, -0.05) is 12.1 Å². The Morgan fingerprint density at radius 2 is 2.50 bits per heavy atom. The molecule has 0 saturated heterocycles. The van der Waals surface area contributed by atoms with Gasteiger partial charge in [-0.05, 0) is 6.42 Å². The molecule has 0 aromatic rings. The molecule has 0 saturated carbocycles. The Kier molecular flexibility index (Phi) is 3.64. The van der Waals surface area contributed by atoms with Crippen LogP contribution >= 0.6 is 0 Å². The number of carbonyl (C=O) groups excluding carboxylic acids is 1. The van der Waals surface area contributed by atoms with E-state index in [1.54, 1.807) is 6.92 Å². The molecule has 0 spiro atoms. The van der Waals surface area contributed by atoms with Crippen LogP contribution in [0.15, 0.2) is 5.16 Å². The summed E-state index contributed by atoms with van der Waals surface area (Å²) < 4.78 is 3.86. The SMILES string of the molecule is CC/C(=N\O)C(=O)OC#N. The molecule has 0 aromatic carbocycles. The van der Waals surface area contributed by atoms with Gasteiger partial charge in [0.25, 0.3) is 6.26 Å². The predicted molar refractivity (Wildman–Crippen MR) is 31.2 cm³/mol. The first-order chi connectivity index (χ1) is 4.76. The van der Waals surface area contributed by atoms with Gasteiger partial charge in [-0.3, -0.25) is 0 Å². The van der Waals surface area contributed by atoms with E-state index >= 15 is 0 Å². The number of oxime groups is 1. The minimum atomic E-state index is -0.910. The molecule has 54 valence electrons. The summed E-state index contributed by atoms with van der Waals surface area (Å²) in [6.45, 7) is 1.60. The zero-order valence-corrected chi connectivity index (χ0v) is 5.37. The van der Waals surface area contributed by atoms with E-state index in [9.17, 15) is 4.79 Å². The highest BCUT2D eigenvalue weighted by atomic mass is 16.5. The van der Waals surface area contributed by atoms with Gasteiger partial charge in [0.2, 0.25) is 0 Å². The fourth-order valence-corrected chi connectivity index (χ4v) is 0.356. The van der Waals surface area contributed by atoms with Gasteiger partial charge in [0.1, 0.15) is 0 Å². The Labute approximate surface area is 57.5 Å². The maximum Gasteiger partial charge on any atom is 0.371 e. The maximum absolute atomic E-state index is 10.5. The van der Waals surface area contributed by atoms with E-state index in [0.717, 1.165) is 0 Å². The Hall–Kier alpha value is -1.57. The minimum Gasteiger partial charge on any atom is -0.410 e. The van der Waals surface area contributed by atoms with Crippen LogP contribution < -0.4 is 0 Å². The second-order valence-electron chi connectivity index (χ2n) is 1.38. The number of rotatable bonds is 2. The van der Waals surface area contributed by atoms with Gasteiger partial charge < -0.3 is 9.94 Å². The summed E-state index contributed by atoms with van der Waals surface area (Å²) in [5, 5.41) is 18.6. The van der Waals surface area contributed by atoms with E-state index in [-0.39, 0.29) is 12.1 Å². The van der Waals surface area contributed by atoms with Gasteiger partial charge >= 0.3 is 5.97 Å². The molecule has 0 rings (SSSR count). The molecule has 10 heavy (non-hydrogen) atoms. The molecule has 5 nitrogen and oxygen atoms in total. The quantitative estimate of drug-likeness (QED) is 0.197. The third-order valence-electron chi connectivity index (χ3n) is 0.830. The number of nitriles is 1. The van der Waals surface area contributed by atoms with E-state index in [1.807, 2.05) is 0 Å². The number of hydrogen-bond acceptors (Lipinski definition) is 5. The zero-order valence-electron chi connectivity index (χ0n) is 5.37. The van der Waals surface area contributed by atoms with Crippen LogP contribution in [0.25, 0.3) is 0 Å². The first kappa shape index (κ1) is 8.43. The zero-order chi connectivity index (χ0) is 7.98. The number of esters is 1. The molecule has 0 radical (unpaired) electrons. The van der Waals surface area contributed by atoms with Crippen LogP contribution in [0, 0.1) is 11.5 Å². The lowest BCUT2D eigenvalue weighted by atomic mass is 10.3. The molecule has 0 amide bonds. The summed E-state index contributed by atoms with van der Waals surface area (Å²) in [5.41, 5.74) is -0.165. The van der Waals surface area contributed by atoms with Gasteiger partial charge in [-0.15, -0.1) is 5.26 Å². The van der Waals surface area contributed by atoms with Gasteiger partial charge in [0, 0.05) is 0 Å². The van der Waals surface area contributed by atoms with Crippen molar-refractivity contribution in [2.45, 2.75) is 13.3 Å². The van der Waals surface area contributed by atoms with Crippen molar-refractivity contribution in [2.24, 2.45) is 5.16 Å². The lowest BCUT2D eigenvalue weighted by Crippen LogP contribution is -2.14. The molecule has 0 aliphatic carbocycles. The van der Waals surface area contributed by atoms with E-state index in [1.165, 1.54) is 6.26 Å². The molecule has 0 aliphatic rings. The van der Waals surface area contributed by atoms with E-state index in [2.05, 4.69) is 9.89 Å². The van der Waals surface area contributed by atoms with Crippen molar-refractivity contribution >= 4 is 11.7 Å². The van der Waals surface area contributed by atoms with Crippen molar-refractivity contribution in [2.75, 3.05) is 0 Å². The highest BCUT2D eigenvalue weighted by Gasteiger charge is 2.10. The first-order valence-electron chi connectivity index (χ1n) is 2.57. The summed E-state index contributed by atoms with van der Waals surface area (Å²) in [6, 6.07) is 0. The van der Waals surface area contributed by atoms with E-state index in [4.69, 9.17) is 10.5 Å². The number of ether oxygens (including phenoxy) is 1. The Bertz CT molecular complexity index is 192. The molecule has 0 atom stereocenters. The van der Waals surface area contributed by atoms with E-state index in [0.29, 0.717) is 0 Å². The summed E-state index contributed by atoms with van der Waals surface area (Å²) in [6.07, 6.45) is 1.41. The van der Waals surface area contributed by atoms with Crippen LogP contribution in [0.5, 0.6) is 0 Å². The smallest absolute Gasteiger partial charge is 0.371 e. The summed E-state index contributed by atoms with van der Waals surface area (Å²) >= 11 is 0. The van der Waals surface area contributed by atoms with Gasteiger partial charge in [-0.2, -0.15) is 0 Å². The maximum atomic E-state index is 10.5. The lowest BCUT2D eigenvalue weighted by molar-refractivity contribution is -0.129. The van der Waals surface area contributed by atoms with E-state index < -0.39 is 5.97 Å². The average molecular weight is 142 g/mol. The predicted octanol–water partition coefficient (Wildman–Crippen LogP) is 0.251. The third kappa shape index (κ3) is 2.13. The van der Waals surface area contributed by atoms with Crippen molar-refractivity contribution in [1.82, 2.24) is 0 Å². The molecule has 0 aromatic heterocycles. The van der Waals surface area contributed by atoms with Crippen LogP contribution in [-0.2, 0) is 9.53 Å². The lowest BCUT2D eigenvalue weighted by Gasteiger charge is -1.92. The topological polar surface area (TPSA) is 82.7 Å². The Morgan fingerprint density at radius 3 is 2.80 bits per heavy atom. The van der Waals surface area contributed by atoms with Gasteiger partial charge in [0.05, 0.1) is 0 Å². The molecule has 0 fully saturated rings. The molecule has 5 heteroatoms. The standard InChI is InChI=1S/C5H6N2O3/c1-2-4(7-9)5(8)10-3-6/h9H,2H2,1H3/b7-4+. The largest absolute Gasteiger partial charge is 0.410 e. The summed E-state index contributed by atoms with van der Waals surface area (Å²) in [7, 11) is 0. The fourth-order valence-electron chi connectivity index (χ4n) is 0.356. The summed E-state index contributed by atoms with van der Waals surface area (Å²) in [4.78, 5) is 10.5. The van der Waals surface area contributed by atoms with Crippen LogP contribution in [0.4, 0.5) is 0 Å². The van der Waals surface area contributed by atoms with Crippen LogP contribution in [0.1, 0.15) is 13.3 Å². The number of hydrogen-bond donors (Lipinski definition) is 1. The normalized spacial score (nSPS) is 10.2. The average Bonchev–Trinajstić information content (AvgIpc) is 1.91. The van der Waals surface area contributed by atoms with Crippen molar-refractivity contribution in [3.63, 3.8) is 0 Å². The van der Waals surface area contributed by atoms with Crippen molar-refractivity contribution in [1.29, 1.82) is 5.26 Å². The summed E-state index contributed by atoms with van der Waals surface area (Å²) in [5.74, 6) is -0.910. The van der Waals surface area contributed by atoms with Gasteiger partial charge in [0.15, 0.2) is 5.71 Å². The molecule has 0 unspecified atom stereocenters. The molecular weight excluding hydrogens is 136 g/mol. The van der Waals surface area contributed by atoms with Crippen molar-refractivity contribution in [3.05, 3.63) is 0 Å². The Balaban J connectivity index is 4.07. The highest BCUT2D eigenvalue weighted by molar-refractivity contribution is 6.36. The molecule has 0 aliphatic heterocycles. The molecule has 0 bridgehead atoms.